The number of piperidine rings is 1. The molecular weight excluding hydrogens is 262 g/mol. The number of rotatable bonds is 6. The van der Waals surface area contributed by atoms with Crippen LogP contribution in [-0.4, -0.2) is 60.7 Å². The van der Waals surface area contributed by atoms with E-state index in [0.717, 1.165) is 25.9 Å². The average molecular weight is 287 g/mol. The van der Waals surface area contributed by atoms with E-state index >= 15 is 0 Å². The Morgan fingerprint density at radius 2 is 2.05 bits per heavy atom. The third kappa shape index (κ3) is 5.74. The molecule has 0 saturated carbocycles. The highest BCUT2D eigenvalue weighted by Crippen LogP contribution is 2.17. The first-order valence-corrected chi connectivity index (χ1v) is 7.26. The van der Waals surface area contributed by atoms with Crippen LogP contribution >= 0.6 is 12.2 Å². The molecule has 1 saturated heterocycles. The molecule has 2 amide bonds. The smallest absolute Gasteiger partial charge is 0.320 e. The highest BCUT2D eigenvalue weighted by Gasteiger charge is 2.24. The summed E-state index contributed by atoms with van der Waals surface area (Å²) in [4.78, 5) is 16.6. The zero-order chi connectivity index (χ0) is 14.3. The van der Waals surface area contributed by atoms with Gasteiger partial charge < -0.3 is 20.3 Å². The van der Waals surface area contributed by atoms with Gasteiger partial charge in [0.2, 0.25) is 0 Å². The maximum Gasteiger partial charge on any atom is 0.320 e. The lowest BCUT2D eigenvalue weighted by Crippen LogP contribution is -2.48. The van der Waals surface area contributed by atoms with Gasteiger partial charge in [0.1, 0.15) is 0 Å². The molecule has 0 bridgehead atoms. The Balaban J connectivity index is 2.51. The molecule has 1 fully saturated rings. The summed E-state index contributed by atoms with van der Waals surface area (Å²) >= 11 is 4.88. The van der Waals surface area contributed by atoms with Crippen molar-refractivity contribution in [3.05, 3.63) is 0 Å². The summed E-state index contributed by atoms with van der Waals surface area (Å²) in [6.45, 7) is 5.62. The molecule has 0 aromatic carbocycles. The monoisotopic (exact) mass is 287 g/mol. The van der Waals surface area contributed by atoms with Gasteiger partial charge in [0.05, 0.1) is 11.6 Å². The molecule has 0 radical (unpaired) electrons. The highest BCUT2D eigenvalue weighted by atomic mass is 32.1. The predicted molar refractivity (Wildman–Crippen MR) is 80.2 cm³/mol. The number of hydrogen-bond acceptors (Lipinski definition) is 3. The molecule has 6 heteroatoms. The second-order valence-corrected chi connectivity index (χ2v) is 5.67. The van der Waals surface area contributed by atoms with Crippen molar-refractivity contribution >= 4 is 23.2 Å². The minimum atomic E-state index is 0.0835. The molecule has 0 spiro atoms. The maximum absolute atomic E-state index is 12.4. The van der Waals surface area contributed by atoms with Crippen molar-refractivity contribution in [2.24, 2.45) is 11.7 Å². The Hall–Kier alpha value is -0.880. The first-order valence-electron chi connectivity index (χ1n) is 6.85. The molecule has 2 N–H and O–H groups in total. The van der Waals surface area contributed by atoms with E-state index in [1.807, 2.05) is 4.90 Å². The Morgan fingerprint density at radius 3 is 2.58 bits per heavy atom. The highest BCUT2D eigenvalue weighted by molar-refractivity contribution is 7.80. The van der Waals surface area contributed by atoms with Crippen molar-refractivity contribution in [2.75, 3.05) is 39.9 Å². The van der Waals surface area contributed by atoms with Crippen molar-refractivity contribution in [1.29, 1.82) is 0 Å². The van der Waals surface area contributed by atoms with Crippen LogP contribution in [0.5, 0.6) is 0 Å². The molecule has 1 aliphatic heterocycles. The lowest BCUT2D eigenvalue weighted by molar-refractivity contribution is 0.115. The fraction of sp³-hybridized carbons (Fsp3) is 0.846. The zero-order valence-electron chi connectivity index (χ0n) is 11.9. The Bertz CT molecular complexity index is 304. The normalized spacial score (nSPS) is 16.4. The van der Waals surface area contributed by atoms with Crippen LogP contribution in [0.15, 0.2) is 0 Å². The number of ether oxygens (including phenoxy) is 1. The molecule has 0 unspecified atom stereocenters. The third-order valence-electron chi connectivity index (χ3n) is 3.52. The Morgan fingerprint density at radius 1 is 1.42 bits per heavy atom. The number of amides is 2. The molecule has 19 heavy (non-hydrogen) atoms. The maximum atomic E-state index is 12.4. The Kier molecular flexibility index (Phi) is 7.09. The SMILES string of the molecule is COCCN(CCC(N)=S)C(=O)N1CCC(C)CC1. The second-order valence-electron chi connectivity index (χ2n) is 5.15. The standard InChI is InChI=1S/C13H25N3O2S/c1-11-3-6-15(7-4-11)13(17)16(9-10-18-2)8-5-12(14)19/h11H,3-10H2,1-2H3,(H2,14,19). The average Bonchev–Trinajstić information content (AvgIpc) is 2.39. The number of carbonyl (C=O) groups is 1. The fourth-order valence-electron chi connectivity index (χ4n) is 2.15. The molecule has 1 heterocycles. The molecule has 0 atom stereocenters. The van der Waals surface area contributed by atoms with Gasteiger partial charge in [0.15, 0.2) is 0 Å². The van der Waals surface area contributed by atoms with Gasteiger partial charge in [-0.15, -0.1) is 0 Å². The predicted octanol–water partition coefficient (Wildman–Crippen LogP) is 1.46. The number of thiocarbonyl (C=S) groups is 1. The van der Waals surface area contributed by atoms with Crippen molar-refractivity contribution in [3.8, 4) is 0 Å². The zero-order valence-corrected chi connectivity index (χ0v) is 12.7. The van der Waals surface area contributed by atoms with Crippen LogP contribution in [-0.2, 0) is 4.74 Å². The van der Waals surface area contributed by atoms with Gasteiger partial charge in [-0.1, -0.05) is 19.1 Å². The molecule has 5 nitrogen and oxygen atoms in total. The van der Waals surface area contributed by atoms with Gasteiger partial charge in [-0.2, -0.15) is 0 Å². The van der Waals surface area contributed by atoms with Crippen LogP contribution in [0.1, 0.15) is 26.2 Å². The number of carbonyl (C=O) groups excluding carboxylic acids is 1. The lowest BCUT2D eigenvalue weighted by Gasteiger charge is -2.35. The summed E-state index contributed by atoms with van der Waals surface area (Å²) in [7, 11) is 1.64. The molecule has 1 rings (SSSR count). The second kappa shape index (κ2) is 8.32. The van der Waals surface area contributed by atoms with Crippen LogP contribution in [0.2, 0.25) is 0 Å². The summed E-state index contributed by atoms with van der Waals surface area (Å²) in [6.07, 6.45) is 2.73. The summed E-state index contributed by atoms with van der Waals surface area (Å²) in [6, 6.07) is 0.0835. The molecule has 0 aromatic heterocycles. The quantitative estimate of drug-likeness (QED) is 0.752. The van der Waals surface area contributed by atoms with Crippen molar-refractivity contribution in [1.82, 2.24) is 9.80 Å². The van der Waals surface area contributed by atoms with Crippen LogP contribution in [0.3, 0.4) is 0 Å². The number of nitrogens with zero attached hydrogens (tertiary/aromatic N) is 2. The summed E-state index contributed by atoms with van der Waals surface area (Å²) in [5, 5.41) is 0. The molecule has 0 aliphatic carbocycles. The first kappa shape index (κ1) is 16.2. The minimum absolute atomic E-state index is 0.0835. The van der Waals surface area contributed by atoms with Crippen molar-refractivity contribution in [2.45, 2.75) is 26.2 Å². The van der Waals surface area contributed by atoms with E-state index in [1.54, 1.807) is 12.0 Å². The van der Waals surface area contributed by atoms with E-state index in [-0.39, 0.29) is 6.03 Å². The number of likely N-dealkylation sites (tertiary alicyclic amines) is 1. The van der Waals surface area contributed by atoms with E-state index in [2.05, 4.69) is 6.92 Å². The summed E-state index contributed by atoms with van der Waals surface area (Å²) < 4.78 is 5.06. The number of hydrogen-bond donors (Lipinski definition) is 1. The minimum Gasteiger partial charge on any atom is -0.393 e. The fourth-order valence-corrected chi connectivity index (χ4v) is 2.24. The van der Waals surface area contributed by atoms with Gasteiger partial charge in [-0.3, -0.25) is 0 Å². The molecule has 1 aliphatic rings. The van der Waals surface area contributed by atoms with Gasteiger partial charge in [-0.05, 0) is 18.8 Å². The summed E-state index contributed by atoms with van der Waals surface area (Å²) in [5.41, 5.74) is 5.51. The van der Waals surface area contributed by atoms with Gasteiger partial charge in [0, 0.05) is 39.7 Å². The lowest BCUT2D eigenvalue weighted by atomic mass is 9.99. The topological polar surface area (TPSA) is 58.8 Å². The molecular formula is C13H25N3O2S. The van der Waals surface area contributed by atoms with Crippen LogP contribution in [0, 0.1) is 5.92 Å². The van der Waals surface area contributed by atoms with Crippen molar-refractivity contribution in [3.63, 3.8) is 0 Å². The van der Waals surface area contributed by atoms with Gasteiger partial charge >= 0.3 is 6.03 Å². The number of nitrogens with two attached hydrogens (primary N) is 1. The van der Waals surface area contributed by atoms with E-state index in [0.29, 0.717) is 37.0 Å². The van der Waals surface area contributed by atoms with Crippen molar-refractivity contribution < 1.29 is 9.53 Å². The van der Waals surface area contributed by atoms with E-state index in [1.165, 1.54) is 0 Å². The number of urea groups is 1. The van der Waals surface area contributed by atoms with Gasteiger partial charge in [-0.25, -0.2) is 4.79 Å². The largest absolute Gasteiger partial charge is 0.393 e. The van der Waals surface area contributed by atoms with Gasteiger partial charge in [0.25, 0.3) is 0 Å². The summed E-state index contributed by atoms with van der Waals surface area (Å²) in [5.74, 6) is 0.716. The van der Waals surface area contributed by atoms with Crippen LogP contribution in [0.25, 0.3) is 0 Å². The number of methoxy groups -OCH3 is 1. The third-order valence-corrected chi connectivity index (χ3v) is 3.72. The first-order chi connectivity index (χ1) is 9.04. The molecule has 110 valence electrons. The van der Waals surface area contributed by atoms with E-state index in [9.17, 15) is 4.79 Å². The van der Waals surface area contributed by atoms with E-state index < -0.39 is 0 Å². The Labute approximate surface area is 121 Å². The van der Waals surface area contributed by atoms with Crippen LogP contribution in [0.4, 0.5) is 4.79 Å². The van der Waals surface area contributed by atoms with E-state index in [4.69, 9.17) is 22.7 Å². The molecule has 0 aromatic rings. The van der Waals surface area contributed by atoms with Crippen LogP contribution < -0.4 is 5.73 Å².